The molecule has 1 N–H and O–H groups in total. The number of nitrogens with zero attached hydrogens (tertiary/aromatic N) is 3. The van der Waals surface area contributed by atoms with E-state index in [1.165, 1.54) is 6.34 Å². The molecular formula is C15H14N4O. The normalized spacial score (nSPS) is 10.4. The predicted molar refractivity (Wildman–Crippen MR) is 76.8 cm³/mol. The topological polar surface area (TPSA) is 70.2 Å². The highest BCUT2D eigenvalue weighted by Crippen LogP contribution is 2.25. The fourth-order valence-corrected chi connectivity index (χ4v) is 1.97. The molecule has 0 unspecified atom stereocenters. The van der Waals surface area contributed by atoms with Crippen molar-refractivity contribution < 1.29 is 4.79 Å². The van der Waals surface area contributed by atoms with Gasteiger partial charge in [0.05, 0.1) is 11.9 Å². The van der Waals surface area contributed by atoms with Gasteiger partial charge in [-0.05, 0) is 12.5 Å². The fraction of sp³-hybridized carbons (Fsp3) is 0.133. The molecule has 5 nitrogen and oxygen atoms in total. The van der Waals surface area contributed by atoms with Crippen LogP contribution in [0.3, 0.4) is 0 Å². The Balaban J connectivity index is 2.32. The number of benzene rings is 1. The molecule has 2 aromatic rings. The Labute approximate surface area is 117 Å². The molecule has 0 aliphatic rings. The maximum atomic E-state index is 10.2. The van der Waals surface area contributed by atoms with Gasteiger partial charge in [0.1, 0.15) is 11.8 Å². The van der Waals surface area contributed by atoms with E-state index in [0.29, 0.717) is 24.2 Å². The van der Waals surface area contributed by atoms with E-state index >= 15 is 0 Å². The van der Waals surface area contributed by atoms with Crippen molar-refractivity contribution in [2.75, 3.05) is 0 Å². The summed E-state index contributed by atoms with van der Waals surface area (Å²) in [7, 11) is 0. The van der Waals surface area contributed by atoms with Gasteiger partial charge < -0.3 is 9.88 Å². The highest BCUT2D eigenvalue weighted by atomic mass is 16.1. The first-order valence-electron chi connectivity index (χ1n) is 6.12. The van der Waals surface area contributed by atoms with Gasteiger partial charge in [-0.2, -0.15) is 5.26 Å². The van der Waals surface area contributed by atoms with Crippen LogP contribution >= 0.6 is 0 Å². The Kier molecular flexibility index (Phi) is 4.30. The van der Waals surface area contributed by atoms with Crippen LogP contribution in [0.2, 0.25) is 0 Å². The standard InChI is InChI=1S/C15H14N4O/c1-12-15(18-10-17-11-20)14(7-16)9-19(12)8-13-5-3-2-4-6-13/h2-6,9-11H,8H2,1H3,(H,17,18,20). The van der Waals surface area contributed by atoms with Crippen LogP contribution in [0.4, 0.5) is 5.69 Å². The lowest BCUT2D eigenvalue weighted by Crippen LogP contribution is -2.06. The quantitative estimate of drug-likeness (QED) is 0.511. The van der Waals surface area contributed by atoms with Crippen LogP contribution in [0.5, 0.6) is 0 Å². The molecule has 0 bridgehead atoms. The zero-order valence-electron chi connectivity index (χ0n) is 11.1. The molecule has 0 saturated carbocycles. The summed E-state index contributed by atoms with van der Waals surface area (Å²) in [6.07, 6.45) is 3.59. The molecule has 1 aromatic carbocycles. The van der Waals surface area contributed by atoms with E-state index in [1.54, 1.807) is 6.20 Å². The number of aliphatic imine (C=N–C) groups is 1. The molecule has 0 aliphatic carbocycles. The number of carbonyl (C=O) groups is 1. The van der Waals surface area contributed by atoms with Gasteiger partial charge in [0, 0.05) is 18.4 Å². The molecule has 0 spiro atoms. The van der Waals surface area contributed by atoms with Crippen molar-refractivity contribution in [3.8, 4) is 6.07 Å². The van der Waals surface area contributed by atoms with Crippen LogP contribution in [0.25, 0.3) is 0 Å². The largest absolute Gasteiger partial charge is 0.344 e. The van der Waals surface area contributed by atoms with E-state index in [9.17, 15) is 4.79 Å². The predicted octanol–water partition coefficient (Wildman–Crippen LogP) is 2.12. The SMILES string of the molecule is Cc1c(N=CNC=O)c(C#N)cn1Cc1ccccc1. The van der Waals surface area contributed by atoms with Gasteiger partial charge in [0.2, 0.25) is 6.41 Å². The molecule has 20 heavy (non-hydrogen) atoms. The Hall–Kier alpha value is -2.87. The van der Waals surface area contributed by atoms with Gasteiger partial charge >= 0.3 is 0 Å². The van der Waals surface area contributed by atoms with Crippen LogP contribution in [-0.4, -0.2) is 17.3 Å². The third-order valence-electron chi connectivity index (χ3n) is 2.97. The van der Waals surface area contributed by atoms with Gasteiger partial charge in [0.25, 0.3) is 0 Å². The molecular weight excluding hydrogens is 252 g/mol. The second-order valence-electron chi connectivity index (χ2n) is 4.24. The smallest absolute Gasteiger partial charge is 0.212 e. The lowest BCUT2D eigenvalue weighted by Gasteiger charge is -2.06. The summed E-state index contributed by atoms with van der Waals surface area (Å²) < 4.78 is 1.97. The van der Waals surface area contributed by atoms with Gasteiger partial charge in [-0.1, -0.05) is 30.3 Å². The maximum absolute atomic E-state index is 10.2. The molecule has 0 atom stereocenters. The number of carbonyl (C=O) groups excluding carboxylic acids is 1. The summed E-state index contributed by atoms with van der Waals surface area (Å²) in [6, 6.07) is 12.1. The molecule has 0 aliphatic heterocycles. The number of aromatic nitrogens is 1. The number of nitrogens with one attached hydrogen (secondary N) is 1. The first-order chi connectivity index (χ1) is 9.76. The highest BCUT2D eigenvalue weighted by molar-refractivity contribution is 5.75. The summed E-state index contributed by atoms with van der Waals surface area (Å²) in [6.45, 7) is 2.58. The molecule has 0 radical (unpaired) electrons. The molecule has 1 heterocycles. The third kappa shape index (κ3) is 2.93. The highest BCUT2D eigenvalue weighted by Gasteiger charge is 2.11. The van der Waals surface area contributed by atoms with Crippen molar-refractivity contribution in [3.63, 3.8) is 0 Å². The third-order valence-corrected chi connectivity index (χ3v) is 2.97. The molecule has 5 heteroatoms. The van der Waals surface area contributed by atoms with Gasteiger partial charge in [-0.15, -0.1) is 0 Å². The average molecular weight is 266 g/mol. The lowest BCUT2D eigenvalue weighted by atomic mass is 10.2. The van der Waals surface area contributed by atoms with E-state index in [1.807, 2.05) is 41.8 Å². The Morgan fingerprint density at radius 1 is 1.40 bits per heavy atom. The van der Waals surface area contributed by atoms with Gasteiger partial charge in [-0.3, -0.25) is 4.79 Å². The fourth-order valence-electron chi connectivity index (χ4n) is 1.97. The van der Waals surface area contributed by atoms with Gasteiger partial charge in [-0.25, -0.2) is 4.99 Å². The minimum Gasteiger partial charge on any atom is -0.344 e. The molecule has 1 amide bonds. The van der Waals surface area contributed by atoms with Crippen LogP contribution < -0.4 is 5.32 Å². The van der Waals surface area contributed by atoms with E-state index in [-0.39, 0.29) is 0 Å². The number of rotatable bonds is 5. The van der Waals surface area contributed by atoms with Crippen LogP contribution in [-0.2, 0) is 11.3 Å². The summed E-state index contributed by atoms with van der Waals surface area (Å²) in [5, 5.41) is 11.5. The van der Waals surface area contributed by atoms with Crippen LogP contribution in [0.1, 0.15) is 16.8 Å². The molecule has 100 valence electrons. The molecule has 2 rings (SSSR count). The summed E-state index contributed by atoms with van der Waals surface area (Å²) in [5.74, 6) is 0. The van der Waals surface area contributed by atoms with Crippen LogP contribution in [0, 0.1) is 18.3 Å². The lowest BCUT2D eigenvalue weighted by molar-refractivity contribution is -0.108. The summed E-state index contributed by atoms with van der Waals surface area (Å²) in [4.78, 5) is 14.3. The Morgan fingerprint density at radius 3 is 2.80 bits per heavy atom. The van der Waals surface area contributed by atoms with Crippen molar-refractivity contribution in [3.05, 3.63) is 53.3 Å². The zero-order valence-corrected chi connectivity index (χ0v) is 11.1. The number of nitriles is 1. The van der Waals surface area contributed by atoms with Crippen LogP contribution in [0.15, 0.2) is 41.5 Å². The monoisotopic (exact) mass is 266 g/mol. The average Bonchev–Trinajstić information content (AvgIpc) is 2.77. The van der Waals surface area contributed by atoms with Crippen molar-refractivity contribution in [2.45, 2.75) is 13.5 Å². The minimum absolute atomic E-state index is 0.488. The first-order valence-corrected chi connectivity index (χ1v) is 6.12. The van der Waals surface area contributed by atoms with Gasteiger partial charge in [0.15, 0.2) is 0 Å². The second-order valence-corrected chi connectivity index (χ2v) is 4.24. The first kappa shape index (κ1) is 13.6. The second kappa shape index (κ2) is 6.34. The Morgan fingerprint density at radius 2 is 2.15 bits per heavy atom. The van der Waals surface area contributed by atoms with Crippen molar-refractivity contribution in [1.29, 1.82) is 5.26 Å². The Bertz CT molecular complexity index is 665. The minimum atomic E-state index is 0.488. The number of hydrogen-bond donors (Lipinski definition) is 1. The molecule has 1 aromatic heterocycles. The van der Waals surface area contributed by atoms with E-state index in [2.05, 4.69) is 16.4 Å². The molecule has 0 saturated heterocycles. The zero-order chi connectivity index (χ0) is 14.4. The molecule has 0 fully saturated rings. The van der Waals surface area contributed by atoms with E-state index < -0.39 is 0 Å². The summed E-state index contributed by atoms with van der Waals surface area (Å²) in [5.41, 5.74) is 3.10. The van der Waals surface area contributed by atoms with E-state index in [4.69, 9.17) is 5.26 Å². The maximum Gasteiger partial charge on any atom is 0.212 e. The van der Waals surface area contributed by atoms with Crippen molar-refractivity contribution in [1.82, 2.24) is 9.88 Å². The van der Waals surface area contributed by atoms with E-state index in [0.717, 1.165) is 11.3 Å². The van der Waals surface area contributed by atoms with Crippen molar-refractivity contribution in [2.24, 2.45) is 4.99 Å². The summed E-state index contributed by atoms with van der Waals surface area (Å²) >= 11 is 0. The number of amides is 1. The number of hydrogen-bond acceptors (Lipinski definition) is 3. The van der Waals surface area contributed by atoms with Crippen molar-refractivity contribution >= 4 is 18.4 Å².